The van der Waals surface area contributed by atoms with Crippen LogP contribution in [0.4, 0.5) is 0 Å². The molecule has 0 bridgehead atoms. The standard InChI is InChI=1S/C22H16ClN5OS/c23-21-11-10-20(30-21)19(29)9-4-16-13-27(15-26-16)17-5-7-18(8-6-17)28-12-2-1-3-22(28)25-14-24/h1-3,5-8,10-13,15H,4,9H2. The Hall–Kier alpha value is -3.47. The third kappa shape index (κ3) is 4.40. The summed E-state index contributed by atoms with van der Waals surface area (Å²) in [6.07, 6.45) is 8.31. The van der Waals surface area contributed by atoms with Crippen LogP contribution in [0.3, 0.4) is 0 Å². The lowest BCUT2D eigenvalue weighted by molar-refractivity contribution is 0.0986. The molecule has 0 saturated heterocycles. The van der Waals surface area contributed by atoms with Gasteiger partial charge in [0.1, 0.15) is 5.49 Å². The summed E-state index contributed by atoms with van der Waals surface area (Å²) < 4.78 is 4.38. The Balaban J connectivity index is 1.47. The molecule has 30 heavy (non-hydrogen) atoms. The third-order valence-electron chi connectivity index (χ3n) is 4.52. The normalized spacial score (nSPS) is 11.4. The van der Waals surface area contributed by atoms with Crippen molar-refractivity contribution in [1.29, 1.82) is 5.26 Å². The zero-order valence-corrected chi connectivity index (χ0v) is 17.3. The summed E-state index contributed by atoms with van der Waals surface area (Å²) in [5.74, 6) is 0.0734. The maximum Gasteiger partial charge on any atom is 0.207 e. The number of rotatable bonds is 6. The van der Waals surface area contributed by atoms with Crippen molar-refractivity contribution in [1.82, 2.24) is 14.1 Å². The summed E-state index contributed by atoms with van der Waals surface area (Å²) in [6, 6.07) is 16.9. The minimum atomic E-state index is 0.0734. The number of nitriles is 1. The molecule has 0 radical (unpaired) electrons. The Morgan fingerprint density at radius 1 is 1.13 bits per heavy atom. The first-order valence-electron chi connectivity index (χ1n) is 9.17. The number of hydrogen-bond donors (Lipinski definition) is 0. The number of carbonyl (C=O) groups excluding carboxylic acids is 1. The molecule has 0 N–H and O–H groups in total. The van der Waals surface area contributed by atoms with E-state index in [1.54, 1.807) is 24.5 Å². The van der Waals surface area contributed by atoms with Gasteiger partial charge >= 0.3 is 0 Å². The van der Waals surface area contributed by atoms with Crippen molar-refractivity contribution in [2.45, 2.75) is 12.8 Å². The van der Waals surface area contributed by atoms with Gasteiger partial charge in [-0.3, -0.25) is 4.79 Å². The Bertz CT molecular complexity index is 1290. The minimum Gasteiger partial charge on any atom is -0.306 e. The lowest BCUT2D eigenvalue weighted by Gasteiger charge is -2.08. The topological polar surface area (TPSA) is 76.0 Å². The van der Waals surface area contributed by atoms with Crippen LogP contribution in [0.25, 0.3) is 11.4 Å². The van der Waals surface area contributed by atoms with Crippen molar-refractivity contribution in [2.75, 3.05) is 0 Å². The fourth-order valence-electron chi connectivity index (χ4n) is 3.04. The number of aryl methyl sites for hydroxylation is 1. The number of nitrogens with zero attached hydrogens (tertiary/aromatic N) is 5. The molecule has 6 nitrogen and oxygen atoms in total. The van der Waals surface area contributed by atoms with Gasteiger partial charge in [0.25, 0.3) is 0 Å². The number of thiophene rings is 1. The zero-order chi connectivity index (χ0) is 20.9. The highest BCUT2D eigenvalue weighted by Crippen LogP contribution is 2.23. The average molecular weight is 434 g/mol. The molecule has 0 amide bonds. The lowest BCUT2D eigenvalue weighted by Crippen LogP contribution is -2.17. The minimum absolute atomic E-state index is 0.0734. The number of halogens is 1. The first-order chi connectivity index (χ1) is 14.6. The van der Waals surface area contributed by atoms with Crippen LogP contribution in [-0.4, -0.2) is 19.9 Å². The van der Waals surface area contributed by atoms with Crippen LogP contribution < -0.4 is 5.49 Å². The number of pyridine rings is 1. The van der Waals surface area contributed by atoms with E-state index in [1.807, 2.05) is 64.1 Å². The first-order valence-corrected chi connectivity index (χ1v) is 10.4. The van der Waals surface area contributed by atoms with Crippen LogP contribution in [0, 0.1) is 11.5 Å². The van der Waals surface area contributed by atoms with Crippen molar-refractivity contribution >= 4 is 28.7 Å². The first kappa shape index (κ1) is 19.8. The van der Waals surface area contributed by atoms with Crippen molar-refractivity contribution in [2.24, 2.45) is 4.99 Å². The SMILES string of the molecule is N#CN=c1ccccn1-c1ccc(-n2cnc(CCC(=O)c3ccc(Cl)s3)c2)cc1. The van der Waals surface area contributed by atoms with Crippen molar-refractivity contribution in [3.05, 3.63) is 93.7 Å². The van der Waals surface area contributed by atoms with Crippen LogP contribution in [0.5, 0.6) is 0 Å². The number of Topliss-reactive ketones (excluding diaryl/α,β-unsaturated/α-hetero) is 1. The molecule has 1 aromatic carbocycles. The van der Waals surface area contributed by atoms with Gasteiger partial charge < -0.3 is 9.13 Å². The zero-order valence-electron chi connectivity index (χ0n) is 15.8. The van der Waals surface area contributed by atoms with Gasteiger partial charge in [-0.15, -0.1) is 11.3 Å². The average Bonchev–Trinajstić information content (AvgIpc) is 3.42. The Labute approximate surface area is 182 Å². The molecule has 0 saturated carbocycles. The Morgan fingerprint density at radius 3 is 2.67 bits per heavy atom. The fourth-order valence-corrected chi connectivity index (χ4v) is 4.05. The molecule has 0 fully saturated rings. The number of ketones is 1. The molecule has 0 atom stereocenters. The molecule has 8 heteroatoms. The highest BCUT2D eigenvalue weighted by molar-refractivity contribution is 7.18. The third-order valence-corrected chi connectivity index (χ3v) is 5.79. The van der Waals surface area contributed by atoms with Crippen LogP contribution >= 0.6 is 22.9 Å². The number of hydrogen-bond acceptors (Lipinski definition) is 5. The summed E-state index contributed by atoms with van der Waals surface area (Å²) in [6.45, 7) is 0. The molecular formula is C22H16ClN5OS. The second-order valence-electron chi connectivity index (χ2n) is 6.46. The summed E-state index contributed by atoms with van der Waals surface area (Å²) in [5.41, 5.74) is 3.26. The molecular weight excluding hydrogens is 418 g/mol. The van der Waals surface area contributed by atoms with Gasteiger partial charge in [-0.25, -0.2) is 4.98 Å². The summed E-state index contributed by atoms with van der Waals surface area (Å²) in [5, 5.41) is 8.86. The van der Waals surface area contributed by atoms with Crippen LogP contribution in [-0.2, 0) is 6.42 Å². The highest BCUT2D eigenvalue weighted by atomic mass is 35.5. The number of benzene rings is 1. The van der Waals surface area contributed by atoms with Gasteiger partial charge in [0.05, 0.1) is 21.2 Å². The molecule has 0 aliphatic heterocycles. The van der Waals surface area contributed by atoms with Crippen molar-refractivity contribution in [3.63, 3.8) is 0 Å². The molecule has 4 aromatic rings. The van der Waals surface area contributed by atoms with E-state index in [4.69, 9.17) is 16.9 Å². The molecule has 0 unspecified atom stereocenters. The molecule has 4 rings (SSSR count). The van der Waals surface area contributed by atoms with E-state index in [9.17, 15) is 4.79 Å². The van der Waals surface area contributed by atoms with Gasteiger partial charge in [0, 0.05) is 30.2 Å². The van der Waals surface area contributed by atoms with E-state index in [2.05, 4.69) is 9.98 Å². The molecule has 0 aliphatic carbocycles. The number of carbonyl (C=O) groups is 1. The largest absolute Gasteiger partial charge is 0.306 e. The predicted molar refractivity (Wildman–Crippen MR) is 116 cm³/mol. The number of imidazole rings is 1. The van der Waals surface area contributed by atoms with E-state index >= 15 is 0 Å². The van der Waals surface area contributed by atoms with E-state index in [-0.39, 0.29) is 5.78 Å². The molecule has 0 spiro atoms. The van der Waals surface area contributed by atoms with E-state index < -0.39 is 0 Å². The summed E-state index contributed by atoms with van der Waals surface area (Å²) in [7, 11) is 0. The van der Waals surface area contributed by atoms with E-state index in [1.165, 1.54) is 11.3 Å². The summed E-state index contributed by atoms with van der Waals surface area (Å²) in [4.78, 5) is 21.2. The predicted octanol–water partition coefficient (Wildman–Crippen LogP) is 4.58. The van der Waals surface area contributed by atoms with Gasteiger partial charge in [0.15, 0.2) is 5.78 Å². The smallest absolute Gasteiger partial charge is 0.207 e. The maximum absolute atomic E-state index is 12.2. The maximum atomic E-state index is 12.2. The molecule has 148 valence electrons. The van der Waals surface area contributed by atoms with Gasteiger partial charge in [-0.1, -0.05) is 17.7 Å². The molecule has 0 aliphatic rings. The lowest BCUT2D eigenvalue weighted by atomic mass is 10.1. The Morgan fingerprint density at radius 2 is 1.93 bits per heavy atom. The van der Waals surface area contributed by atoms with Crippen LogP contribution in [0.2, 0.25) is 4.34 Å². The number of aromatic nitrogens is 3. The van der Waals surface area contributed by atoms with Crippen LogP contribution in [0.15, 0.2) is 78.3 Å². The fraction of sp³-hybridized carbons (Fsp3) is 0.0909. The van der Waals surface area contributed by atoms with Crippen molar-refractivity contribution < 1.29 is 4.79 Å². The highest BCUT2D eigenvalue weighted by Gasteiger charge is 2.10. The Kier molecular flexibility index (Phi) is 5.89. The monoisotopic (exact) mass is 433 g/mol. The van der Waals surface area contributed by atoms with E-state index in [0.717, 1.165) is 17.1 Å². The van der Waals surface area contributed by atoms with Crippen LogP contribution in [0.1, 0.15) is 21.8 Å². The van der Waals surface area contributed by atoms with Gasteiger partial charge in [-0.2, -0.15) is 10.3 Å². The van der Waals surface area contributed by atoms with E-state index in [0.29, 0.717) is 27.5 Å². The van der Waals surface area contributed by atoms with Crippen molar-refractivity contribution in [3.8, 4) is 17.6 Å². The quantitative estimate of drug-likeness (QED) is 0.330. The van der Waals surface area contributed by atoms with Gasteiger partial charge in [-0.05, 0) is 55.0 Å². The second-order valence-corrected chi connectivity index (χ2v) is 8.17. The second kappa shape index (κ2) is 8.91. The molecule has 3 aromatic heterocycles. The summed E-state index contributed by atoms with van der Waals surface area (Å²) >= 11 is 7.20. The van der Waals surface area contributed by atoms with Gasteiger partial charge in [0.2, 0.25) is 6.19 Å². The molecule has 3 heterocycles.